The quantitative estimate of drug-likeness (QED) is 0.250. The van der Waals surface area contributed by atoms with Gasteiger partial charge in [0.25, 0.3) is 0 Å². The highest BCUT2D eigenvalue weighted by atomic mass is 16.6. The van der Waals surface area contributed by atoms with Gasteiger partial charge in [0.15, 0.2) is 0 Å². The van der Waals surface area contributed by atoms with Gasteiger partial charge in [-0.3, -0.25) is 0 Å². The second kappa shape index (κ2) is 20.1. The average Bonchev–Trinajstić information content (AvgIpc) is 2.76. The minimum Gasteiger partial charge on any atom is -0.490 e. The van der Waals surface area contributed by atoms with Crippen LogP contribution in [-0.4, -0.2) is 58.2 Å². The Morgan fingerprint density at radius 2 is 1.31 bits per heavy atom. The molecule has 0 radical (unpaired) electrons. The number of benzene rings is 1. The van der Waals surface area contributed by atoms with Gasteiger partial charge in [0.2, 0.25) is 0 Å². The van der Waals surface area contributed by atoms with Crippen molar-refractivity contribution in [2.75, 3.05) is 46.2 Å². The molecular formula is C22H32O7. The number of para-hydroxylation sites is 1. The SMILES string of the molecule is C=CC(=O)OCCOCCOCCCC.C=CC(=O)OCCOc1ccccc1. The van der Waals surface area contributed by atoms with Gasteiger partial charge in [-0.25, -0.2) is 9.59 Å². The maximum atomic E-state index is 10.6. The summed E-state index contributed by atoms with van der Waals surface area (Å²) in [6.45, 7) is 11.8. The Balaban J connectivity index is 0.000000541. The number of carbonyl (C=O) groups is 2. The summed E-state index contributed by atoms with van der Waals surface area (Å²) in [6.07, 6.45) is 4.48. The van der Waals surface area contributed by atoms with E-state index in [1.54, 1.807) is 0 Å². The molecule has 0 aromatic heterocycles. The van der Waals surface area contributed by atoms with Crippen LogP contribution in [0.2, 0.25) is 0 Å². The third-order valence-corrected chi connectivity index (χ3v) is 3.16. The summed E-state index contributed by atoms with van der Waals surface area (Å²) in [5, 5.41) is 0. The number of carbonyl (C=O) groups excluding carboxylic acids is 2. The van der Waals surface area contributed by atoms with Gasteiger partial charge < -0.3 is 23.7 Å². The lowest BCUT2D eigenvalue weighted by molar-refractivity contribution is -0.139. The molecule has 0 heterocycles. The van der Waals surface area contributed by atoms with Gasteiger partial charge in [-0.15, -0.1) is 0 Å². The summed E-state index contributed by atoms with van der Waals surface area (Å²) in [6, 6.07) is 9.35. The van der Waals surface area contributed by atoms with Crippen molar-refractivity contribution in [3.8, 4) is 5.75 Å². The predicted molar refractivity (Wildman–Crippen MR) is 111 cm³/mol. The monoisotopic (exact) mass is 408 g/mol. The Kier molecular flexibility index (Phi) is 18.3. The Morgan fingerprint density at radius 3 is 1.86 bits per heavy atom. The number of rotatable bonds is 15. The summed E-state index contributed by atoms with van der Waals surface area (Å²) in [5.41, 5.74) is 0. The van der Waals surface area contributed by atoms with Crippen molar-refractivity contribution < 1.29 is 33.3 Å². The third-order valence-electron chi connectivity index (χ3n) is 3.16. The molecule has 1 aromatic carbocycles. The van der Waals surface area contributed by atoms with E-state index in [-0.39, 0.29) is 13.2 Å². The van der Waals surface area contributed by atoms with E-state index in [9.17, 15) is 9.59 Å². The fraction of sp³-hybridized carbons (Fsp3) is 0.455. The van der Waals surface area contributed by atoms with Crippen LogP contribution in [0.1, 0.15) is 19.8 Å². The van der Waals surface area contributed by atoms with E-state index in [0.29, 0.717) is 26.4 Å². The van der Waals surface area contributed by atoms with Crippen molar-refractivity contribution in [2.24, 2.45) is 0 Å². The van der Waals surface area contributed by atoms with Crippen molar-refractivity contribution in [1.82, 2.24) is 0 Å². The van der Waals surface area contributed by atoms with Crippen LogP contribution in [-0.2, 0) is 28.5 Å². The molecule has 162 valence electrons. The van der Waals surface area contributed by atoms with Gasteiger partial charge in [0.1, 0.15) is 25.6 Å². The van der Waals surface area contributed by atoms with E-state index in [4.69, 9.17) is 23.7 Å². The van der Waals surface area contributed by atoms with Crippen LogP contribution >= 0.6 is 0 Å². The average molecular weight is 408 g/mol. The lowest BCUT2D eigenvalue weighted by atomic mass is 10.3. The molecule has 29 heavy (non-hydrogen) atoms. The summed E-state index contributed by atoms with van der Waals surface area (Å²) >= 11 is 0. The van der Waals surface area contributed by atoms with E-state index in [1.165, 1.54) is 0 Å². The molecule has 0 spiro atoms. The molecule has 1 rings (SSSR count). The number of hydrogen-bond acceptors (Lipinski definition) is 7. The molecule has 1 aromatic rings. The van der Waals surface area contributed by atoms with Gasteiger partial charge in [-0.1, -0.05) is 44.7 Å². The topological polar surface area (TPSA) is 80.3 Å². The predicted octanol–water partition coefficient (Wildman–Crippen LogP) is 3.34. The molecule has 0 fully saturated rings. The molecule has 0 amide bonds. The fourth-order valence-corrected chi connectivity index (χ4v) is 1.71. The minimum atomic E-state index is -0.429. The van der Waals surface area contributed by atoms with E-state index >= 15 is 0 Å². The highest BCUT2D eigenvalue weighted by Gasteiger charge is 1.96. The number of unbranched alkanes of at least 4 members (excludes halogenated alkanes) is 1. The summed E-state index contributed by atoms with van der Waals surface area (Å²) in [5.74, 6) is -0.0818. The maximum Gasteiger partial charge on any atom is 0.330 e. The maximum absolute atomic E-state index is 10.6. The molecule has 0 bridgehead atoms. The number of esters is 2. The molecule has 0 unspecified atom stereocenters. The summed E-state index contributed by atoms with van der Waals surface area (Å²) in [4.78, 5) is 21.2. The van der Waals surface area contributed by atoms with E-state index in [0.717, 1.165) is 37.4 Å². The van der Waals surface area contributed by atoms with Crippen LogP contribution in [0.4, 0.5) is 0 Å². The molecule has 7 nitrogen and oxygen atoms in total. The van der Waals surface area contributed by atoms with Gasteiger partial charge in [0.05, 0.1) is 19.8 Å². The number of hydrogen-bond donors (Lipinski definition) is 0. The van der Waals surface area contributed by atoms with Gasteiger partial charge in [-0.2, -0.15) is 0 Å². The van der Waals surface area contributed by atoms with Crippen molar-refractivity contribution in [3.63, 3.8) is 0 Å². The lowest BCUT2D eigenvalue weighted by Gasteiger charge is -2.05. The Hall–Kier alpha value is -2.64. The first-order valence-electron chi connectivity index (χ1n) is 9.55. The van der Waals surface area contributed by atoms with Crippen molar-refractivity contribution in [1.29, 1.82) is 0 Å². The molecular weight excluding hydrogens is 376 g/mol. The van der Waals surface area contributed by atoms with Gasteiger partial charge >= 0.3 is 11.9 Å². The smallest absolute Gasteiger partial charge is 0.330 e. The van der Waals surface area contributed by atoms with E-state index in [1.807, 2.05) is 30.3 Å². The largest absolute Gasteiger partial charge is 0.490 e. The van der Waals surface area contributed by atoms with Crippen LogP contribution in [0, 0.1) is 0 Å². The van der Waals surface area contributed by atoms with Gasteiger partial charge in [0, 0.05) is 18.8 Å². The molecule has 0 saturated heterocycles. The van der Waals surface area contributed by atoms with Crippen molar-refractivity contribution >= 4 is 11.9 Å². The first-order valence-corrected chi connectivity index (χ1v) is 9.55. The second-order valence-corrected chi connectivity index (χ2v) is 5.48. The van der Waals surface area contributed by atoms with Crippen LogP contribution in [0.15, 0.2) is 55.6 Å². The normalized spacial score (nSPS) is 9.55. The van der Waals surface area contributed by atoms with Crippen LogP contribution in [0.3, 0.4) is 0 Å². The zero-order valence-electron chi connectivity index (χ0n) is 17.2. The summed E-state index contributed by atoms with van der Waals surface area (Å²) in [7, 11) is 0. The molecule has 0 atom stereocenters. The molecule has 0 aliphatic heterocycles. The third kappa shape index (κ3) is 18.5. The molecule has 0 saturated carbocycles. The minimum absolute atomic E-state index is 0.236. The Bertz CT molecular complexity index is 558. The molecule has 7 heteroatoms. The van der Waals surface area contributed by atoms with Crippen molar-refractivity contribution in [3.05, 3.63) is 55.6 Å². The second-order valence-electron chi connectivity index (χ2n) is 5.48. The number of ether oxygens (including phenoxy) is 5. The highest BCUT2D eigenvalue weighted by molar-refractivity contribution is 5.81. The van der Waals surface area contributed by atoms with Crippen molar-refractivity contribution in [2.45, 2.75) is 19.8 Å². The van der Waals surface area contributed by atoms with Crippen LogP contribution in [0.25, 0.3) is 0 Å². The van der Waals surface area contributed by atoms with Crippen LogP contribution in [0.5, 0.6) is 5.75 Å². The first-order chi connectivity index (χ1) is 14.1. The molecule has 0 aliphatic carbocycles. The molecule has 0 N–H and O–H groups in total. The molecule has 0 aliphatic rings. The van der Waals surface area contributed by atoms with E-state index in [2.05, 4.69) is 20.1 Å². The van der Waals surface area contributed by atoms with Gasteiger partial charge in [-0.05, 0) is 18.6 Å². The fourth-order valence-electron chi connectivity index (χ4n) is 1.71. The van der Waals surface area contributed by atoms with Crippen LogP contribution < -0.4 is 4.74 Å². The zero-order chi connectivity index (χ0) is 21.6. The first kappa shape index (κ1) is 26.4. The lowest BCUT2D eigenvalue weighted by Crippen LogP contribution is -2.11. The summed E-state index contributed by atoms with van der Waals surface area (Å²) < 4.78 is 25.2. The Morgan fingerprint density at radius 1 is 0.793 bits per heavy atom. The van der Waals surface area contributed by atoms with E-state index < -0.39 is 11.9 Å². The highest BCUT2D eigenvalue weighted by Crippen LogP contribution is 2.07. The Labute approximate surface area is 173 Å². The standard InChI is InChI=1S/C11H20O4.C11H12O3/c1-3-5-6-13-7-8-14-9-10-15-11(12)4-2;1-2-11(12)14-9-8-13-10-6-4-3-5-7-10/h4H,2-3,5-10H2,1H3;2-7H,1,8-9H2. The zero-order valence-corrected chi connectivity index (χ0v) is 17.2.